The van der Waals surface area contributed by atoms with Crippen molar-refractivity contribution in [2.75, 3.05) is 0 Å². The number of carbonyl (C=O) groups is 1. The lowest BCUT2D eigenvalue weighted by Gasteiger charge is -2.15. The maximum Gasteiger partial charge on any atom is 0.294 e. The monoisotopic (exact) mass is 391 g/mol. The van der Waals surface area contributed by atoms with Gasteiger partial charge in [0.1, 0.15) is 0 Å². The van der Waals surface area contributed by atoms with Gasteiger partial charge in [0, 0.05) is 0 Å². The molecule has 4 rings (SSSR count). The van der Waals surface area contributed by atoms with Crippen LogP contribution in [0.15, 0.2) is 64.8 Å². The van der Waals surface area contributed by atoms with E-state index < -0.39 is 17.2 Å². The molecule has 28 heavy (non-hydrogen) atoms. The fourth-order valence-corrected chi connectivity index (χ4v) is 3.65. The van der Waals surface area contributed by atoms with Gasteiger partial charge in [-0.1, -0.05) is 42.5 Å². The quantitative estimate of drug-likeness (QED) is 0.492. The summed E-state index contributed by atoms with van der Waals surface area (Å²) in [6.07, 6.45) is 0. The Hall–Kier alpha value is -3.45. The molecule has 0 saturated carbocycles. The minimum absolute atomic E-state index is 0.251. The third-order valence-electron chi connectivity index (χ3n) is 4.49. The van der Waals surface area contributed by atoms with E-state index in [1.807, 2.05) is 60.8 Å². The average molecular weight is 391 g/mol. The molecule has 0 aliphatic carbocycles. The van der Waals surface area contributed by atoms with Gasteiger partial charge in [-0.3, -0.25) is 9.59 Å². The van der Waals surface area contributed by atoms with Crippen LogP contribution >= 0.6 is 11.3 Å². The molecule has 140 valence electrons. The van der Waals surface area contributed by atoms with Crippen molar-refractivity contribution in [3.05, 3.63) is 81.6 Å². The summed E-state index contributed by atoms with van der Waals surface area (Å²) < 4.78 is 0. The molecular weight excluding hydrogens is 374 g/mol. The number of carbonyl (C=O) groups excluding carboxylic acids is 1. The highest BCUT2D eigenvalue weighted by Crippen LogP contribution is 2.23. The van der Waals surface area contributed by atoms with Gasteiger partial charge in [0.2, 0.25) is 5.75 Å². The average Bonchev–Trinajstić information content (AvgIpc) is 3.24. The number of amides is 1. The highest BCUT2D eigenvalue weighted by Gasteiger charge is 2.21. The number of hydrogen-bond donors (Lipinski definition) is 3. The molecule has 0 spiro atoms. The number of hydrogen-bond acceptors (Lipinski definition) is 5. The Balaban J connectivity index is 1.63. The summed E-state index contributed by atoms with van der Waals surface area (Å²) in [5.41, 5.74) is -0.128. The van der Waals surface area contributed by atoms with E-state index >= 15 is 0 Å². The summed E-state index contributed by atoms with van der Waals surface area (Å²) >= 11 is 1.38. The Morgan fingerprint density at radius 1 is 1.14 bits per heavy atom. The first-order valence-corrected chi connectivity index (χ1v) is 9.57. The standard InChI is InChI=1S/C21H17N3O3S/c1-12(14-9-8-13-5-2-3-6-15(13)11-14)22-20(26)17-18(25)21(27)24-19(23-17)16-7-4-10-28-16/h2-12,25H,1H3,(H,22,26)(H,23,24,27)/t12-/m0/s1. The summed E-state index contributed by atoms with van der Waals surface area (Å²) in [7, 11) is 0. The van der Waals surface area contributed by atoms with Crippen LogP contribution in [0.4, 0.5) is 0 Å². The second kappa shape index (κ2) is 7.28. The van der Waals surface area contributed by atoms with E-state index in [2.05, 4.69) is 15.3 Å². The van der Waals surface area contributed by atoms with Crippen LogP contribution in [-0.2, 0) is 0 Å². The van der Waals surface area contributed by atoms with E-state index in [1.165, 1.54) is 11.3 Å². The van der Waals surface area contributed by atoms with Crippen LogP contribution in [0.3, 0.4) is 0 Å². The lowest BCUT2D eigenvalue weighted by molar-refractivity contribution is 0.0931. The van der Waals surface area contributed by atoms with Crippen molar-refractivity contribution in [1.29, 1.82) is 0 Å². The predicted molar refractivity (Wildman–Crippen MR) is 110 cm³/mol. The number of aromatic nitrogens is 2. The minimum atomic E-state index is -0.748. The second-order valence-electron chi connectivity index (χ2n) is 6.39. The molecule has 3 N–H and O–H groups in total. The number of aromatic amines is 1. The molecular formula is C21H17N3O3S. The normalized spacial score (nSPS) is 12.0. The van der Waals surface area contributed by atoms with Crippen molar-refractivity contribution in [3.8, 4) is 16.5 Å². The van der Waals surface area contributed by atoms with E-state index in [-0.39, 0.29) is 17.6 Å². The summed E-state index contributed by atoms with van der Waals surface area (Å²) in [5, 5.41) is 16.9. The van der Waals surface area contributed by atoms with Gasteiger partial charge in [0.05, 0.1) is 10.9 Å². The van der Waals surface area contributed by atoms with E-state index in [1.54, 1.807) is 6.07 Å². The Kier molecular flexibility index (Phi) is 4.67. The molecule has 0 bridgehead atoms. The van der Waals surface area contributed by atoms with Crippen LogP contribution in [0.5, 0.6) is 5.75 Å². The van der Waals surface area contributed by atoms with Crippen molar-refractivity contribution in [2.45, 2.75) is 13.0 Å². The molecule has 0 saturated heterocycles. The maximum atomic E-state index is 12.7. The maximum absolute atomic E-state index is 12.7. The molecule has 1 amide bonds. The molecule has 2 aromatic heterocycles. The molecule has 6 nitrogen and oxygen atoms in total. The number of benzene rings is 2. The van der Waals surface area contributed by atoms with Crippen LogP contribution in [0.1, 0.15) is 29.0 Å². The largest absolute Gasteiger partial charge is 0.501 e. The summed E-state index contributed by atoms with van der Waals surface area (Å²) in [4.78, 5) is 32.1. The molecule has 1 atom stereocenters. The molecule has 0 aliphatic heterocycles. The Bertz CT molecular complexity index is 1220. The smallest absolute Gasteiger partial charge is 0.294 e. The first-order chi connectivity index (χ1) is 13.5. The van der Waals surface area contributed by atoms with Crippen LogP contribution in [0.25, 0.3) is 21.5 Å². The van der Waals surface area contributed by atoms with Gasteiger partial charge in [-0.15, -0.1) is 11.3 Å². The topological polar surface area (TPSA) is 95.1 Å². The van der Waals surface area contributed by atoms with Crippen molar-refractivity contribution in [3.63, 3.8) is 0 Å². The zero-order valence-corrected chi connectivity index (χ0v) is 15.8. The fourth-order valence-electron chi connectivity index (χ4n) is 2.98. The molecule has 0 fully saturated rings. The van der Waals surface area contributed by atoms with Gasteiger partial charge in [0.15, 0.2) is 11.5 Å². The second-order valence-corrected chi connectivity index (χ2v) is 7.34. The van der Waals surface area contributed by atoms with Gasteiger partial charge in [-0.25, -0.2) is 4.98 Å². The van der Waals surface area contributed by atoms with E-state index in [0.717, 1.165) is 16.3 Å². The molecule has 0 aliphatic rings. The van der Waals surface area contributed by atoms with E-state index in [4.69, 9.17) is 0 Å². The fraction of sp³-hybridized carbons (Fsp3) is 0.0952. The first-order valence-electron chi connectivity index (χ1n) is 8.69. The molecule has 4 aromatic rings. The number of aromatic hydroxyl groups is 1. The molecule has 7 heteroatoms. The number of rotatable bonds is 4. The van der Waals surface area contributed by atoms with Crippen LogP contribution in [0.2, 0.25) is 0 Å². The number of nitrogens with one attached hydrogen (secondary N) is 2. The van der Waals surface area contributed by atoms with E-state index in [9.17, 15) is 14.7 Å². The van der Waals surface area contributed by atoms with E-state index in [0.29, 0.717) is 4.88 Å². The third kappa shape index (κ3) is 3.39. The Morgan fingerprint density at radius 2 is 1.93 bits per heavy atom. The van der Waals surface area contributed by atoms with Crippen LogP contribution < -0.4 is 10.9 Å². The number of thiophene rings is 1. The minimum Gasteiger partial charge on any atom is -0.501 e. The van der Waals surface area contributed by atoms with Gasteiger partial charge in [-0.05, 0) is 40.8 Å². The van der Waals surface area contributed by atoms with Crippen LogP contribution in [0, 0.1) is 0 Å². The van der Waals surface area contributed by atoms with Gasteiger partial charge < -0.3 is 15.4 Å². The van der Waals surface area contributed by atoms with Crippen molar-refractivity contribution in [2.24, 2.45) is 0 Å². The molecule has 2 heterocycles. The predicted octanol–water partition coefficient (Wildman–Crippen LogP) is 3.85. The lowest BCUT2D eigenvalue weighted by Crippen LogP contribution is -2.29. The number of H-pyrrole nitrogens is 1. The highest BCUT2D eigenvalue weighted by atomic mass is 32.1. The zero-order valence-electron chi connectivity index (χ0n) is 15.0. The van der Waals surface area contributed by atoms with Crippen molar-refractivity contribution < 1.29 is 9.90 Å². The molecule has 0 radical (unpaired) electrons. The summed E-state index contributed by atoms with van der Waals surface area (Å²) in [6.45, 7) is 1.84. The SMILES string of the molecule is C[C@H](NC(=O)c1nc(-c2cccs2)[nH]c(=O)c1O)c1ccc2ccccc2c1. The zero-order chi connectivity index (χ0) is 19.7. The Labute approximate surface area is 164 Å². The molecule has 0 unspecified atom stereocenters. The third-order valence-corrected chi connectivity index (χ3v) is 5.36. The lowest BCUT2D eigenvalue weighted by atomic mass is 10.0. The number of fused-ring (bicyclic) bond motifs is 1. The highest BCUT2D eigenvalue weighted by molar-refractivity contribution is 7.13. The molecule has 2 aromatic carbocycles. The van der Waals surface area contributed by atoms with Gasteiger partial charge >= 0.3 is 0 Å². The summed E-state index contributed by atoms with van der Waals surface area (Å²) in [6, 6.07) is 17.1. The number of nitrogens with zero attached hydrogens (tertiary/aromatic N) is 1. The first kappa shape index (κ1) is 17.9. The van der Waals surface area contributed by atoms with Gasteiger partial charge in [0.25, 0.3) is 11.5 Å². The summed E-state index contributed by atoms with van der Waals surface area (Å²) in [5.74, 6) is -1.05. The van der Waals surface area contributed by atoms with Crippen molar-refractivity contribution >= 4 is 28.0 Å². The van der Waals surface area contributed by atoms with Crippen LogP contribution in [-0.4, -0.2) is 21.0 Å². The Morgan fingerprint density at radius 3 is 2.68 bits per heavy atom. The van der Waals surface area contributed by atoms with Gasteiger partial charge in [-0.2, -0.15) is 0 Å². The van der Waals surface area contributed by atoms with Crippen molar-refractivity contribution in [1.82, 2.24) is 15.3 Å².